The highest BCUT2D eigenvalue weighted by molar-refractivity contribution is 5.13. The average Bonchev–Trinajstić information content (AvgIpc) is 2.47. The quantitative estimate of drug-likeness (QED) is 0.605. The first-order valence-corrected chi connectivity index (χ1v) is 4.23. The summed E-state index contributed by atoms with van der Waals surface area (Å²) in [5.74, 6) is -3.17. The number of fused-ring (bicyclic) bond motifs is 1. The SMILES string of the molecule is [2H]C1C=C2N([2H])C([2H])(OCC)N([2H])C([2H])([2H])C2([2H])C([2H])(O)C1([2H])[2H]. The molecular weight excluding hydrogens is 180 g/mol. The molecule has 0 radical (unpaired) electrons. The predicted octanol–water partition coefficient (Wildman–Crippen LogP) is 0.154. The Morgan fingerprint density at radius 2 is 2.79 bits per heavy atom. The molecular formula is C10H18N2O2. The summed E-state index contributed by atoms with van der Waals surface area (Å²) in [6.45, 7) is -2.02. The van der Waals surface area contributed by atoms with E-state index in [0.717, 1.165) is 0 Å². The first kappa shape index (κ1) is 3.47. The lowest BCUT2D eigenvalue weighted by molar-refractivity contribution is -0.0118. The van der Waals surface area contributed by atoms with Gasteiger partial charge in [-0.2, -0.15) is 0 Å². The topological polar surface area (TPSA) is 53.5 Å². The van der Waals surface area contributed by atoms with Gasteiger partial charge in [-0.15, -0.1) is 0 Å². The van der Waals surface area contributed by atoms with Crippen molar-refractivity contribution < 1.29 is 23.6 Å². The second-order valence-corrected chi connectivity index (χ2v) is 2.64. The van der Waals surface area contributed by atoms with Crippen molar-refractivity contribution in [3.63, 3.8) is 0 Å². The summed E-state index contributed by atoms with van der Waals surface area (Å²) in [6.07, 6.45) is -10.5. The van der Waals surface area contributed by atoms with Crippen LogP contribution in [0.5, 0.6) is 0 Å². The van der Waals surface area contributed by atoms with Crippen LogP contribution < -0.4 is 10.6 Å². The lowest BCUT2D eigenvalue weighted by Crippen LogP contribution is -2.55. The summed E-state index contributed by atoms with van der Waals surface area (Å²) >= 11 is 0. The van der Waals surface area contributed by atoms with Gasteiger partial charge in [-0.1, -0.05) is 6.08 Å². The van der Waals surface area contributed by atoms with Crippen LogP contribution in [0.4, 0.5) is 0 Å². The van der Waals surface area contributed by atoms with Crippen LogP contribution in [0.1, 0.15) is 30.7 Å². The maximum absolute atomic E-state index is 10.4. The predicted molar refractivity (Wildman–Crippen MR) is 53.4 cm³/mol. The zero-order chi connectivity index (χ0) is 18.9. The van der Waals surface area contributed by atoms with Gasteiger partial charge in [-0.25, -0.2) is 0 Å². The van der Waals surface area contributed by atoms with Gasteiger partial charge in [0.1, 0.15) is 2.78 Å². The van der Waals surface area contributed by atoms with E-state index in [1.54, 1.807) is 0 Å². The number of aliphatic hydroxyl groups is 1. The molecule has 4 atom stereocenters. The molecule has 4 heteroatoms. The van der Waals surface area contributed by atoms with Crippen molar-refractivity contribution in [2.45, 2.75) is 32.1 Å². The van der Waals surface area contributed by atoms with Crippen LogP contribution in [0.15, 0.2) is 11.8 Å². The molecule has 1 heterocycles. The van der Waals surface area contributed by atoms with Crippen molar-refractivity contribution in [1.29, 1.82) is 0 Å². The first-order chi connectivity index (χ1) is 10.6. The molecule has 0 aromatic heterocycles. The Labute approximate surface area is 98.5 Å². The summed E-state index contributed by atoms with van der Waals surface area (Å²) in [4.78, 5) is 0. The molecule has 2 aliphatic rings. The van der Waals surface area contributed by atoms with Crippen LogP contribution in [0.3, 0.4) is 0 Å². The van der Waals surface area contributed by atoms with E-state index in [2.05, 4.69) is 0 Å². The molecule has 0 aromatic carbocycles. The highest BCUT2D eigenvalue weighted by atomic mass is 16.5. The molecule has 0 amide bonds. The van der Waals surface area contributed by atoms with Crippen molar-refractivity contribution in [3.8, 4) is 0 Å². The molecule has 1 fully saturated rings. The van der Waals surface area contributed by atoms with E-state index in [1.807, 2.05) is 0 Å². The van der Waals surface area contributed by atoms with Gasteiger partial charge in [-0.05, 0) is 19.7 Å². The van der Waals surface area contributed by atoms with Gasteiger partial charge in [0.25, 0.3) is 0 Å². The van der Waals surface area contributed by atoms with Crippen molar-refractivity contribution >= 4 is 0 Å². The van der Waals surface area contributed by atoms with E-state index < -0.39 is 43.3 Å². The third kappa shape index (κ3) is 1.92. The molecule has 1 saturated heterocycles. The van der Waals surface area contributed by atoms with E-state index >= 15 is 0 Å². The van der Waals surface area contributed by atoms with Gasteiger partial charge < -0.3 is 15.2 Å². The monoisotopic (exact) mass is 208 g/mol. The number of allylic oxidation sites excluding steroid dienone is 1. The molecule has 3 N–H and O–H groups in total. The van der Waals surface area contributed by atoms with Crippen molar-refractivity contribution in [2.24, 2.45) is 5.89 Å². The van der Waals surface area contributed by atoms with Gasteiger partial charge in [-0.3, -0.25) is 5.31 Å². The largest absolute Gasteiger partial charge is 0.392 e. The maximum Gasteiger partial charge on any atom is 0.183 e. The number of hydrogen-bond donors (Lipinski definition) is 3. The molecule has 1 aliphatic carbocycles. The zero-order valence-electron chi connectivity index (χ0n) is 17.6. The van der Waals surface area contributed by atoms with E-state index in [-0.39, 0.29) is 17.2 Å². The fourth-order valence-electron chi connectivity index (χ4n) is 1.11. The van der Waals surface area contributed by atoms with Gasteiger partial charge in [0.15, 0.2) is 7.74 Å². The summed E-state index contributed by atoms with van der Waals surface area (Å²) in [5, 5.41) is 10.3. The molecule has 0 bridgehead atoms. The van der Waals surface area contributed by atoms with Gasteiger partial charge >= 0.3 is 0 Å². The molecule has 80 valence electrons. The molecule has 0 saturated carbocycles. The minimum Gasteiger partial charge on any atom is -0.392 e. The number of hydrogen-bond acceptors (Lipinski definition) is 4. The van der Waals surface area contributed by atoms with E-state index in [9.17, 15) is 5.11 Å². The number of nitrogens with one attached hydrogen (secondary N) is 2. The number of rotatable bonds is 2. The van der Waals surface area contributed by atoms with E-state index in [1.165, 1.54) is 6.92 Å². The Kier molecular flexibility index (Phi) is 1.06. The summed E-state index contributed by atoms with van der Waals surface area (Å²) < 4.78 is 84.4. The molecule has 0 aromatic rings. The van der Waals surface area contributed by atoms with Crippen molar-refractivity contribution in [2.75, 3.05) is 13.1 Å². The normalized spacial score (nSPS) is 77.7. The smallest absolute Gasteiger partial charge is 0.183 e. The second-order valence-electron chi connectivity index (χ2n) is 2.64. The fraction of sp³-hybridized carbons (Fsp3) is 0.800. The van der Waals surface area contributed by atoms with Crippen molar-refractivity contribution in [3.05, 3.63) is 11.8 Å². The van der Waals surface area contributed by atoms with Gasteiger partial charge in [0, 0.05) is 32.9 Å². The van der Waals surface area contributed by atoms with E-state index in [4.69, 9.17) is 18.5 Å². The minimum absolute atomic E-state index is 0.119. The Bertz CT molecular complexity index is 572. The van der Waals surface area contributed by atoms with Crippen LogP contribution >= 0.6 is 0 Å². The van der Waals surface area contributed by atoms with Gasteiger partial charge in [0.2, 0.25) is 0 Å². The molecule has 4 nitrogen and oxygen atoms in total. The van der Waals surface area contributed by atoms with Crippen LogP contribution in [0, 0.1) is 5.89 Å². The summed E-state index contributed by atoms with van der Waals surface area (Å²) in [5.41, 5.74) is -0.785. The Balaban J connectivity index is 2.81. The van der Waals surface area contributed by atoms with Crippen LogP contribution in [0.25, 0.3) is 0 Å². The zero-order valence-corrected chi connectivity index (χ0v) is 7.61. The second kappa shape index (κ2) is 4.29. The Hall–Kier alpha value is -0.580. The van der Waals surface area contributed by atoms with Crippen LogP contribution in [0.2, 0.25) is 2.82 Å². The van der Waals surface area contributed by atoms with Crippen LogP contribution in [-0.4, -0.2) is 30.6 Å². The number of ether oxygens (including phenoxy) is 1. The molecule has 2 rings (SSSR count). The summed E-state index contributed by atoms with van der Waals surface area (Å²) in [7, 11) is 0. The Morgan fingerprint density at radius 3 is 3.57 bits per heavy atom. The maximum atomic E-state index is 10.4. The molecule has 0 spiro atoms. The first-order valence-electron chi connectivity index (χ1n) is 9.20. The highest BCUT2D eigenvalue weighted by Crippen LogP contribution is 2.25. The van der Waals surface area contributed by atoms with Gasteiger partial charge in [0.05, 0.1) is 7.45 Å². The molecule has 1 aliphatic heterocycles. The highest BCUT2D eigenvalue weighted by Gasteiger charge is 2.31. The fourth-order valence-corrected chi connectivity index (χ4v) is 1.11. The Morgan fingerprint density at radius 1 is 1.93 bits per heavy atom. The lowest BCUT2D eigenvalue weighted by atomic mass is 9.88. The van der Waals surface area contributed by atoms with Crippen LogP contribution in [-0.2, 0) is 4.74 Å². The summed E-state index contributed by atoms with van der Waals surface area (Å²) in [6, 6.07) is 0. The molecule has 4 unspecified atom stereocenters. The third-order valence-electron chi connectivity index (χ3n) is 1.71. The third-order valence-corrected chi connectivity index (χ3v) is 1.71. The lowest BCUT2D eigenvalue weighted by Gasteiger charge is -2.38. The standard InChI is InChI=1S/C10H18N2O2/c1-2-14-10-11-6-7-8(12-10)4-3-5-9(7)13/h4,7,9-13H,2-3,5-6H2,1H3/i3D,5D2,6D2,7D,9D,10D/hD2. The average molecular weight is 208 g/mol. The van der Waals surface area contributed by atoms with E-state index in [0.29, 0.717) is 6.08 Å². The minimum atomic E-state index is -3.51. The van der Waals surface area contributed by atoms with Crippen molar-refractivity contribution in [1.82, 2.24) is 10.6 Å². The molecule has 14 heavy (non-hydrogen) atoms.